The van der Waals surface area contributed by atoms with Crippen molar-refractivity contribution in [1.29, 1.82) is 0 Å². The first-order valence-corrected chi connectivity index (χ1v) is 7.04. The van der Waals surface area contributed by atoms with Crippen molar-refractivity contribution in [3.8, 4) is 0 Å². The highest BCUT2D eigenvalue weighted by atomic mass is 79.9. The van der Waals surface area contributed by atoms with Crippen molar-refractivity contribution in [1.82, 2.24) is 10.6 Å². The van der Waals surface area contributed by atoms with Gasteiger partial charge >= 0.3 is 0 Å². The molecule has 5 heteroatoms. The van der Waals surface area contributed by atoms with Gasteiger partial charge in [0, 0.05) is 22.0 Å². The molecule has 2 N–H and O–H groups in total. The van der Waals surface area contributed by atoms with E-state index in [0.29, 0.717) is 12.3 Å². The second-order valence-electron chi connectivity index (χ2n) is 4.41. The van der Waals surface area contributed by atoms with Crippen LogP contribution < -0.4 is 10.6 Å². The molecule has 0 unspecified atom stereocenters. The fraction of sp³-hybridized carbons (Fsp3) is 0.357. The minimum atomic E-state index is -0.152. The molecule has 0 atom stereocenters. The molecule has 0 saturated heterocycles. The molecule has 1 aromatic heterocycles. The average molecular weight is 325 g/mol. The van der Waals surface area contributed by atoms with Crippen molar-refractivity contribution in [3.63, 3.8) is 0 Å². The van der Waals surface area contributed by atoms with Crippen LogP contribution in [0, 0.1) is 6.92 Å². The smallest absolute Gasteiger partial charge is 0.287 e. The molecule has 4 nitrogen and oxygen atoms in total. The number of carbonyl (C=O) groups excluding carboxylic acids is 1. The lowest BCUT2D eigenvalue weighted by molar-refractivity contribution is 0.0927. The maximum atomic E-state index is 12.0. The number of nitrogens with one attached hydrogen (secondary N) is 2. The summed E-state index contributed by atoms with van der Waals surface area (Å²) >= 11 is 3.42. The summed E-state index contributed by atoms with van der Waals surface area (Å²) < 4.78 is 6.60. The predicted molar refractivity (Wildman–Crippen MR) is 79.5 cm³/mol. The molecule has 0 aliphatic carbocycles. The molecule has 0 aliphatic rings. The highest BCUT2D eigenvalue weighted by Crippen LogP contribution is 2.27. The average Bonchev–Trinajstić information content (AvgIpc) is 2.72. The third-order valence-electron chi connectivity index (χ3n) is 2.99. The van der Waals surface area contributed by atoms with Crippen LogP contribution in [0.1, 0.15) is 22.5 Å². The van der Waals surface area contributed by atoms with Crippen LogP contribution in [-0.2, 0) is 0 Å². The number of rotatable bonds is 5. The van der Waals surface area contributed by atoms with Gasteiger partial charge in [0.05, 0.1) is 0 Å². The van der Waals surface area contributed by atoms with Crippen LogP contribution in [-0.4, -0.2) is 26.0 Å². The number of halogens is 1. The van der Waals surface area contributed by atoms with Gasteiger partial charge in [-0.2, -0.15) is 0 Å². The first-order valence-electron chi connectivity index (χ1n) is 6.25. The Morgan fingerprint density at radius 2 is 2.16 bits per heavy atom. The van der Waals surface area contributed by atoms with Gasteiger partial charge in [0.25, 0.3) is 5.91 Å². The van der Waals surface area contributed by atoms with Gasteiger partial charge in [-0.3, -0.25) is 4.79 Å². The molecule has 102 valence electrons. The molecule has 0 aliphatic heterocycles. The summed E-state index contributed by atoms with van der Waals surface area (Å²) in [7, 11) is 1.89. The summed E-state index contributed by atoms with van der Waals surface area (Å²) in [6, 6.07) is 5.73. The summed E-state index contributed by atoms with van der Waals surface area (Å²) in [5.74, 6) is 0.249. The maximum absolute atomic E-state index is 12.0. The van der Waals surface area contributed by atoms with Crippen LogP contribution in [0.5, 0.6) is 0 Å². The van der Waals surface area contributed by atoms with E-state index >= 15 is 0 Å². The zero-order valence-corrected chi connectivity index (χ0v) is 12.6. The Kier molecular flexibility index (Phi) is 4.61. The number of carbonyl (C=O) groups is 1. The van der Waals surface area contributed by atoms with E-state index in [2.05, 4.69) is 26.6 Å². The Labute approximate surface area is 120 Å². The Bertz CT molecular complexity index is 592. The summed E-state index contributed by atoms with van der Waals surface area (Å²) in [5.41, 5.74) is 1.61. The lowest BCUT2D eigenvalue weighted by Crippen LogP contribution is -2.26. The van der Waals surface area contributed by atoms with Crippen LogP contribution in [0.2, 0.25) is 0 Å². The first-order chi connectivity index (χ1) is 9.13. The topological polar surface area (TPSA) is 54.3 Å². The molecular formula is C14H17BrN2O2. The summed E-state index contributed by atoms with van der Waals surface area (Å²) in [6.07, 6.45) is 0.896. The van der Waals surface area contributed by atoms with E-state index in [-0.39, 0.29) is 5.91 Å². The maximum Gasteiger partial charge on any atom is 0.287 e. The molecular weight excluding hydrogens is 308 g/mol. The molecule has 1 heterocycles. The highest BCUT2D eigenvalue weighted by molar-refractivity contribution is 9.10. The molecule has 0 radical (unpaired) electrons. The Morgan fingerprint density at radius 3 is 2.89 bits per heavy atom. The van der Waals surface area contributed by atoms with Gasteiger partial charge in [-0.1, -0.05) is 15.9 Å². The standard InChI is InChI=1S/C14H17BrN2O2/c1-9-11-8-10(15)4-5-12(11)19-13(9)14(18)17-7-3-6-16-2/h4-5,8,16H,3,6-7H2,1-2H3,(H,17,18). The van der Waals surface area contributed by atoms with Gasteiger partial charge < -0.3 is 15.1 Å². The molecule has 19 heavy (non-hydrogen) atoms. The quantitative estimate of drug-likeness (QED) is 0.831. The predicted octanol–water partition coefficient (Wildman–Crippen LogP) is 2.84. The summed E-state index contributed by atoms with van der Waals surface area (Å²) in [4.78, 5) is 12.0. The van der Waals surface area contributed by atoms with E-state index in [1.54, 1.807) is 0 Å². The van der Waals surface area contributed by atoms with E-state index in [9.17, 15) is 4.79 Å². The van der Waals surface area contributed by atoms with Crippen LogP contribution in [0.15, 0.2) is 27.1 Å². The number of benzene rings is 1. The molecule has 2 rings (SSSR count). The lowest BCUT2D eigenvalue weighted by atomic mass is 10.1. The van der Waals surface area contributed by atoms with Crippen LogP contribution >= 0.6 is 15.9 Å². The Hall–Kier alpha value is -1.33. The Balaban J connectivity index is 2.16. The van der Waals surface area contributed by atoms with Crippen LogP contribution in [0.25, 0.3) is 11.0 Å². The number of fused-ring (bicyclic) bond motifs is 1. The third-order valence-corrected chi connectivity index (χ3v) is 3.49. The van der Waals surface area contributed by atoms with Crippen LogP contribution in [0.4, 0.5) is 0 Å². The minimum Gasteiger partial charge on any atom is -0.451 e. The van der Waals surface area contributed by atoms with Crippen LogP contribution in [0.3, 0.4) is 0 Å². The third kappa shape index (κ3) is 3.16. The lowest BCUT2D eigenvalue weighted by Gasteiger charge is -2.03. The molecule has 0 fully saturated rings. The van der Waals surface area contributed by atoms with Crippen molar-refractivity contribution < 1.29 is 9.21 Å². The SMILES string of the molecule is CNCCCNC(=O)c1oc2ccc(Br)cc2c1C. The fourth-order valence-electron chi connectivity index (χ4n) is 1.96. The van der Waals surface area contributed by atoms with E-state index in [1.807, 2.05) is 32.2 Å². The van der Waals surface area contributed by atoms with Gasteiger partial charge in [0.2, 0.25) is 0 Å². The summed E-state index contributed by atoms with van der Waals surface area (Å²) in [6.45, 7) is 3.42. The molecule has 0 saturated carbocycles. The molecule has 0 spiro atoms. The number of aryl methyl sites for hydroxylation is 1. The van der Waals surface area contributed by atoms with Crippen molar-refractivity contribution in [2.75, 3.05) is 20.1 Å². The number of furan rings is 1. The molecule has 1 amide bonds. The van der Waals surface area contributed by atoms with Gasteiger partial charge in [-0.25, -0.2) is 0 Å². The van der Waals surface area contributed by atoms with Crippen molar-refractivity contribution in [3.05, 3.63) is 34.0 Å². The van der Waals surface area contributed by atoms with E-state index in [1.165, 1.54) is 0 Å². The van der Waals surface area contributed by atoms with Crippen molar-refractivity contribution in [2.24, 2.45) is 0 Å². The minimum absolute atomic E-state index is 0.152. The monoisotopic (exact) mass is 324 g/mol. The van der Waals surface area contributed by atoms with Gasteiger partial charge in [-0.05, 0) is 45.1 Å². The van der Waals surface area contributed by atoms with Gasteiger partial charge in [-0.15, -0.1) is 0 Å². The van der Waals surface area contributed by atoms with E-state index < -0.39 is 0 Å². The van der Waals surface area contributed by atoms with Crippen molar-refractivity contribution in [2.45, 2.75) is 13.3 Å². The zero-order chi connectivity index (χ0) is 13.8. The Morgan fingerprint density at radius 1 is 1.37 bits per heavy atom. The number of hydrogen-bond acceptors (Lipinski definition) is 3. The van der Waals surface area contributed by atoms with Gasteiger partial charge in [0.1, 0.15) is 5.58 Å². The zero-order valence-electron chi connectivity index (χ0n) is 11.0. The van der Waals surface area contributed by atoms with E-state index in [4.69, 9.17) is 4.42 Å². The van der Waals surface area contributed by atoms with Crippen molar-refractivity contribution >= 4 is 32.8 Å². The normalized spacial score (nSPS) is 10.9. The number of hydrogen-bond donors (Lipinski definition) is 2. The van der Waals surface area contributed by atoms with E-state index in [0.717, 1.165) is 34.0 Å². The van der Waals surface area contributed by atoms with Gasteiger partial charge in [0.15, 0.2) is 5.76 Å². The molecule has 2 aromatic rings. The molecule has 1 aromatic carbocycles. The second-order valence-corrected chi connectivity index (χ2v) is 5.33. The molecule has 0 bridgehead atoms. The number of amides is 1. The largest absolute Gasteiger partial charge is 0.451 e. The second kappa shape index (κ2) is 6.21. The fourth-order valence-corrected chi connectivity index (χ4v) is 2.32. The summed E-state index contributed by atoms with van der Waals surface area (Å²) in [5, 5.41) is 6.87. The first kappa shape index (κ1) is 14.1. The highest BCUT2D eigenvalue weighted by Gasteiger charge is 2.17.